The van der Waals surface area contributed by atoms with Gasteiger partial charge in [-0.15, -0.1) is 0 Å². The highest BCUT2D eigenvalue weighted by atomic mass is 16.5. The summed E-state index contributed by atoms with van der Waals surface area (Å²) in [6, 6.07) is 2.03. The lowest BCUT2D eigenvalue weighted by molar-refractivity contribution is 0.337. The number of nitrogens with zero attached hydrogens (tertiary/aromatic N) is 2. The van der Waals surface area contributed by atoms with Gasteiger partial charge in [-0.2, -0.15) is 5.10 Å². The predicted octanol–water partition coefficient (Wildman–Crippen LogP) is 1.06. The molecule has 0 spiro atoms. The van der Waals surface area contributed by atoms with E-state index in [9.17, 15) is 0 Å². The lowest BCUT2D eigenvalue weighted by Gasteiger charge is -2.10. The largest absolute Gasteiger partial charge is 0.481 e. The molecule has 1 aliphatic rings. The van der Waals surface area contributed by atoms with Crippen LogP contribution in [0, 0.1) is 5.92 Å². The van der Waals surface area contributed by atoms with Crippen LogP contribution in [0.2, 0.25) is 0 Å². The van der Waals surface area contributed by atoms with Crippen LogP contribution in [0.15, 0.2) is 6.07 Å². The van der Waals surface area contributed by atoms with Gasteiger partial charge in [0.15, 0.2) is 0 Å². The van der Waals surface area contributed by atoms with Crippen LogP contribution in [0.4, 0.5) is 0 Å². The molecule has 1 atom stereocenters. The van der Waals surface area contributed by atoms with Crippen molar-refractivity contribution in [2.75, 3.05) is 20.2 Å². The Labute approximate surface area is 90.6 Å². The minimum atomic E-state index is 0.698. The molecule has 0 aliphatic carbocycles. The summed E-state index contributed by atoms with van der Waals surface area (Å²) in [5.41, 5.74) is 1.11. The van der Waals surface area contributed by atoms with Gasteiger partial charge in [-0.1, -0.05) is 6.92 Å². The molecule has 0 radical (unpaired) electrons. The van der Waals surface area contributed by atoms with Gasteiger partial charge in [-0.25, -0.2) is 4.68 Å². The predicted molar refractivity (Wildman–Crippen MR) is 59.1 cm³/mol. The smallest absolute Gasteiger partial charge is 0.211 e. The molecule has 1 unspecified atom stereocenters. The van der Waals surface area contributed by atoms with Gasteiger partial charge in [-0.05, 0) is 31.8 Å². The van der Waals surface area contributed by atoms with Crippen LogP contribution >= 0.6 is 0 Å². The fraction of sp³-hybridized carbons (Fsp3) is 0.727. The van der Waals surface area contributed by atoms with Gasteiger partial charge in [-0.3, -0.25) is 0 Å². The van der Waals surface area contributed by atoms with Gasteiger partial charge in [0.25, 0.3) is 0 Å². The Kier molecular flexibility index (Phi) is 3.26. The van der Waals surface area contributed by atoms with Crippen LogP contribution in [0.3, 0.4) is 0 Å². The Balaban J connectivity index is 2.07. The molecule has 2 rings (SSSR count). The molecular weight excluding hydrogens is 190 g/mol. The zero-order valence-corrected chi connectivity index (χ0v) is 9.49. The topological polar surface area (TPSA) is 39.1 Å². The minimum Gasteiger partial charge on any atom is -0.481 e. The van der Waals surface area contributed by atoms with Gasteiger partial charge in [0, 0.05) is 12.6 Å². The molecular formula is C11H19N3O. The third kappa shape index (κ3) is 2.31. The monoisotopic (exact) mass is 209 g/mol. The first-order valence-corrected chi connectivity index (χ1v) is 5.65. The fourth-order valence-electron chi connectivity index (χ4n) is 2.03. The second kappa shape index (κ2) is 4.66. The van der Waals surface area contributed by atoms with Crippen molar-refractivity contribution < 1.29 is 4.74 Å². The Morgan fingerprint density at radius 1 is 1.67 bits per heavy atom. The SMILES string of the molecule is CCc1cc(OC)n(CC2CCNC2)n1. The molecule has 1 N–H and O–H groups in total. The summed E-state index contributed by atoms with van der Waals surface area (Å²) < 4.78 is 7.31. The van der Waals surface area contributed by atoms with Gasteiger partial charge in [0.1, 0.15) is 0 Å². The first-order valence-electron chi connectivity index (χ1n) is 5.65. The van der Waals surface area contributed by atoms with Crippen LogP contribution in [0.1, 0.15) is 19.0 Å². The highest BCUT2D eigenvalue weighted by Crippen LogP contribution is 2.18. The maximum absolute atomic E-state index is 5.32. The van der Waals surface area contributed by atoms with Crippen molar-refractivity contribution >= 4 is 0 Å². The van der Waals surface area contributed by atoms with E-state index < -0.39 is 0 Å². The number of ether oxygens (including phenoxy) is 1. The third-order valence-corrected chi connectivity index (χ3v) is 2.96. The van der Waals surface area contributed by atoms with Crippen LogP contribution < -0.4 is 10.1 Å². The molecule has 0 amide bonds. The first kappa shape index (κ1) is 10.5. The van der Waals surface area contributed by atoms with Crippen molar-refractivity contribution in [1.29, 1.82) is 0 Å². The van der Waals surface area contributed by atoms with Gasteiger partial charge < -0.3 is 10.1 Å². The lowest BCUT2D eigenvalue weighted by atomic mass is 10.1. The van der Waals surface area contributed by atoms with E-state index in [1.165, 1.54) is 6.42 Å². The van der Waals surface area contributed by atoms with Crippen molar-refractivity contribution in [3.8, 4) is 5.88 Å². The average molecular weight is 209 g/mol. The van der Waals surface area contributed by atoms with Crippen molar-refractivity contribution in [1.82, 2.24) is 15.1 Å². The fourth-order valence-corrected chi connectivity index (χ4v) is 2.03. The molecule has 1 saturated heterocycles. The summed E-state index contributed by atoms with van der Waals surface area (Å²) in [5, 5.41) is 7.90. The van der Waals surface area contributed by atoms with E-state index >= 15 is 0 Å². The zero-order chi connectivity index (χ0) is 10.7. The normalized spacial score (nSPS) is 20.8. The standard InChI is InChI=1S/C11H19N3O/c1-3-10-6-11(15-2)14(13-10)8-9-4-5-12-7-9/h6,9,12H,3-5,7-8H2,1-2H3. The molecule has 4 nitrogen and oxygen atoms in total. The molecule has 0 saturated carbocycles. The zero-order valence-electron chi connectivity index (χ0n) is 9.49. The number of aryl methyl sites for hydroxylation is 1. The summed E-state index contributed by atoms with van der Waals surface area (Å²) in [4.78, 5) is 0. The van der Waals surface area contributed by atoms with Crippen molar-refractivity contribution in [2.24, 2.45) is 5.92 Å². The summed E-state index contributed by atoms with van der Waals surface area (Å²) in [7, 11) is 1.71. The summed E-state index contributed by atoms with van der Waals surface area (Å²) in [6.07, 6.45) is 2.21. The minimum absolute atomic E-state index is 0.698. The Morgan fingerprint density at radius 2 is 2.53 bits per heavy atom. The maximum atomic E-state index is 5.32. The number of aromatic nitrogens is 2. The summed E-state index contributed by atoms with van der Waals surface area (Å²) in [5.74, 6) is 1.59. The van der Waals surface area contributed by atoms with Gasteiger partial charge >= 0.3 is 0 Å². The van der Waals surface area contributed by atoms with E-state index in [4.69, 9.17) is 4.74 Å². The second-order valence-corrected chi connectivity index (χ2v) is 4.07. The number of methoxy groups -OCH3 is 1. The number of hydrogen-bond donors (Lipinski definition) is 1. The first-order chi connectivity index (χ1) is 7.33. The molecule has 2 heterocycles. The van der Waals surface area contributed by atoms with Crippen molar-refractivity contribution in [3.05, 3.63) is 11.8 Å². The quantitative estimate of drug-likeness (QED) is 0.806. The molecule has 0 bridgehead atoms. The number of rotatable bonds is 4. The maximum Gasteiger partial charge on any atom is 0.211 e. The molecule has 1 aromatic rings. The Hall–Kier alpha value is -1.03. The van der Waals surface area contributed by atoms with Crippen molar-refractivity contribution in [2.45, 2.75) is 26.3 Å². The molecule has 15 heavy (non-hydrogen) atoms. The highest BCUT2D eigenvalue weighted by molar-refractivity contribution is 5.16. The van der Waals surface area contributed by atoms with Gasteiger partial charge in [0.2, 0.25) is 5.88 Å². The van der Waals surface area contributed by atoms with Crippen LogP contribution in [0.25, 0.3) is 0 Å². The van der Waals surface area contributed by atoms with E-state index in [-0.39, 0.29) is 0 Å². The molecule has 84 valence electrons. The van der Waals surface area contributed by atoms with Crippen LogP contribution in [0.5, 0.6) is 5.88 Å². The van der Waals surface area contributed by atoms with E-state index in [1.54, 1.807) is 7.11 Å². The highest BCUT2D eigenvalue weighted by Gasteiger charge is 2.17. The second-order valence-electron chi connectivity index (χ2n) is 4.07. The number of hydrogen-bond acceptors (Lipinski definition) is 3. The molecule has 0 aromatic carbocycles. The van der Waals surface area contributed by atoms with Gasteiger partial charge in [0.05, 0.1) is 12.8 Å². The summed E-state index contributed by atoms with van der Waals surface area (Å²) in [6.45, 7) is 5.32. The number of nitrogens with one attached hydrogen (secondary N) is 1. The van der Waals surface area contributed by atoms with E-state index in [0.717, 1.165) is 37.6 Å². The van der Waals surface area contributed by atoms with Crippen LogP contribution in [-0.2, 0) is 13.0 Å². The van der Waals surface area contributed by atoms with E-state index in [1.807, 2.05) is 10.7 Å². The average Bonchev–Trinajstić information content (AvgIpc) is 2.87. The Morgan fingerprint density at radius 3 is 3.13 bits per heavy atom. The molecule has 1 aromatic heterocycles. The third-order valence-electron chi connectivity index (χ3n) is 2.96. The molecule has 4 heteroatoms. The summed E-state index contributed by atoms with van der Waals surface area (Å²) >= 11 is 0. The lowest BCUT2D eigenvalue weighted by Crippen LogP contribution is -2.16. The Bertz CT molecular complexity index is 316. The van der Waals surface area contributed by atoms with E-state index in [0.29, 0.717) is 5.92 Å². The molecule has 1 fully saturated rings. The van der Waals surface area contributed by atoms with Crippen LogP contribution in [-0.4, -0.2) is 30.0 Å². The van der Waals surface area contributed by atoms with Crippen molar-refractivity contribution in [3.63, 3.8) is 0 Å². The van der Waals surface area contributed by atoms with E-state index in [2.05, 4.69) is 17.3 Å². The molecule has 1 aliphatic heterocycles.